The Morgan fingerprint density at radius 2 is 2.11 bits per heavy atom. The molecule has 1 unspecified atom stereocenters. The normalized spacial score (nSPS) is 27.6. The zero-order chi connectivity index (χ0) is 12.0. The minimum absolute atomic E-state index is 0.544. The van der Waals surface area contributed by atoms with Gasteiger partial charge < -0.3 is 9.88 Å². The number of fused-ring (bicyclic) bond motifs is 3. The van der Waals surface area contributed by atoms with Crippen LogP contribution in [0.4, 0.5) is 0 Å². The number of aryl methyl sites for hydroxylation is 1. The van der Waals surface area contributed by atoms with E-state index in [0.29, 0.717) is 5.41 Å². The maximum Gasteiger partial charge on any atom is 0.0482 e. The van der Waals surface area contributed by atoms with Gasteiger partial charge in [-0.3, -0.25) is 0 Å². The van der Waals surface area contributed by atoms with Gasteiger partial charge in [-0.05, 0) is 55.2 Å². The molecular formula is C16H20N2. The highest BCUT2D eigenvalue weighted by molar-refractivity contribution is 5.81. The van der Waals surface area contributed by atoms with Gasteiger partial charge in [-0.1, -0.05) is 18.2 Å². The number of rotatable bonds is 0. The summed E-state index contributed by atoms with van der Waals surface area (Å²) in [6.07, 6.45) is 5.35. The van der Waals surface area contributed by atoms with E-state index in [2.05, 4.69) is 40.2 Å². The third-order valence-electron chi connectivity index (χ3n) is 4.88. The van der Waals surface area contributed by atoms with E-state index < -0.39 is 0 Å². The average Bonchev–Trinajstić information content (AvgIpc) is 2.76. The molecule has 0 amide bonds. The topological polar surface area (TPSA) is 17.0 Å². The third-order valence-corrected chi connectivity index (χ3v) is 4.88. The van der Waals surface area contributed by atoms with Crippen molar-refractivity contribution in [3.05, 3.63) is 36.0 Å². The molecule has 94 valence electrons. The highest BCUT2D eigenvalue weighted by Crippen LogP contribution is 2.40. The summed E-state index contributed by atoms with van der Waals surface area (Å²) >= 11 is 0. The first-order valence-electron chi connectivity index (χ1n) is 7.14. The van der Waals surface area contributed by atoms with Crippen molar-refractivity contribution in [1.29, 1.82) is 0 Å². The van der Waals surface area contributed by atoms with Gasteiger partial charge in [0.25, 0.3) is 0 Å². The predicted octanol–water partition coefficient (Wildman–Crippen LogP) is 2.96. The van der Waals surface area contributed by atoms with E-state index in [1.165, 1.54) is 56.2 Å². The fraction of sp³-hybridized carbons (Fsp3) is 0.500. The summed E-state index contributed by atoms with van der Waals surface area (Å²) in [6, 6.07) is 11.2. The maximum absolute atomic E-state index is 3.60. The van der Waals surface area contributed by atoms with Crippen LogP contribution in [-0.2, 0) is 13.0 Å². The molecule has 0 radical (unpaired) electrons. The number of nitrogens with zero attached hydrogens (tertiary/aromatic N) is 1. The van der Waals surface area contributed by atoms with E-state index in [-0.39, 0.29) is 0 Å². The molecule has 3 heterocycles. The summed E-state index contributed by atoms with van der Waals surface area (Å²) < 4.78 is 2.54. The quantitative estimate of drug-likeness (QED) is 0.749. The Labute approximate surface area is 108 Å². The molecule has 2 aliphatic heterocycles. The van der Waals surface area contributed by atoms with Crippen LogP contribution in [0.2, 0.25) is 0 Å². The number of hydrogen-bond acceptors (Lipinski definition) is 1. The van der Waals surface area contributed by atoms with Gasteiger partial charge in [-0.25, -0.2) is 0 Å². The van der Waals surface area contributed by atoms with Crippen LogP contribution in [0.1, 0.15) is 25.0 Å². The number of aromatic nitrogens is 1. The van der Waals surface area contributed by atoms with Gasteiger partial charge in [0.2, 0.25) is 0 Å². The second-order valence-electron chi connectivity index (χ2n) is 6.05. The van der Waals surface area contributed by atoms with E-state index in [4.69, 9.17) is 0 Å². The summed E-state index contributed by atoms with van der Waals surface area (Å²) in [5.41, 5.74) is 3.51. The van der Waals surface area contributed by atoms with E-state index in [9.17, 15) is 0 Å². The van der Waals surface area contributed by atoms with Crippen LogP contribution < -0.4 is 5.32 Å². The molecule has 0 bridgehead atoms. The number of hydrogen-bond donors (Lipinski definition) is 1. The van der Waals surface area contributed by atoms with Crippen LogP contribution in [-0.4, -0.2) is 17.7 Å². The molecule has 0 saturated carbocycles. The molecule has 1 N–H and O–H groups in total. The van der Waals surface area contributed by atoms with Crippen molar-refractivity contribution in [2.75, 3.05) is 13.1 Å². The van der Waals surface area contributed by atoms with E-state index in [0.717, 1.165) is 0 Å². The van der Waals surface area contributed by atoms with Crippen LogP contribution in [0, 0.1) is 5.41 Å². The number of para-hydroxylation sites is 1. The summed E-state index contributed by atoms with van der Waals surface area (Å²) in [5, 5.41) is 5.01. The van der Waals surface area contributed by atoms with Gasteiger partial charge in [-0.2, -0.15) is 0 Å². The number of benzene rings is 1. The van der Waals surface area contributed by atoms with Crippen molar-refractivity contribution in [1.82, 2.24) is 9.88 Å². The van der Waals surface area contributed by atoms with Crippen molar-refractivity contribution < 1.29 is 0 Å². The summed E-state index contributed by atoms with van der Waals surface area (Å²) in [6.45, 7) is 3.63. The van der Waals surface area contributed by atoms with Gasteiger partial charge in [0.05, 0.1) is 0 Å². The molecule has 2 aliphatic rings. The molecule has 1 saturated heterocycles. The molecular weight excluding hydrogens is 220 g/mol. The predicted molar refractivity (Wildman–Crippen MR) is 74.8 cm³/mol. The Balaban J connectivity index is 1.76. The monoisotopic (exact) mass is 240 g/mol. The summed E-state index contributed by atoms with van der Waals surface area (Å²) in [5.74, 6) is 0. The van der Waals surface area contributed by atoms with Crippen molar-refractivity contribution in [2.45, 2.75) is 32.2 Å². The van der Waals surface area contributed by atoms with Crippen molar-refractivity contribution in [3.63, 3.8) is 0 Å². The molecule has 1 fully saturated rings. The lowest BCUT2D eigenvalue weighted by molar-refractivity contribution is 0.160. The summed E-state index contributed by atoms with van der Waals surface area (Å²) in [7, 11) is 0. The van der Waals surface area contributed by atoms with Crippen LogP contribution in [0.25, 0.3) is 10.9 Å². The second kappa shape index (κ2) is 3.86. The number of nitrogens with one attached hydrogen (secondary N) is 1. The lowest BCUT2D eigenvalue weighted by atomic mass is 9.73. The molecule has 2 heteroatoms. The lowest BCUT2D eigenvalue weighted by Gasteiger charge is -2.41. The molecule has 1 spiro atoms. The van der Waals surface area contributed by atoms with Gasteiger partial charge in [0.15, 0.2) is 0 Å². The zero-order valence-corrected chi connectivity index (χ0v) is 10.8. The van der Waals surface area contributed by atoms with Gasteiger partial charge in [-0.15, -0.1) is 0 Å². The largest absolute Gasteiger partial charge is 0.345 e. The van der Waals surface area contributed by atoms with Crippen molar-refractivity contribution >= 4 is 10.9 Å². The lowest BCUT2D eigenvalue weighted by Crippen LogP contribution is -2.44. The van der Waals surface area contributed by atoms with Crippen molar-refractivity contribution in [3.8, 4) is 0 Å². The smallest absolute Gasteiger partial charge is 0.0482 e. The molecule has 18 heavy (non-hydrogen) atoms. The first-order valence-corrected chi connectivity index (χ1v) is 7.14. The highest BCUT2D eigenvalue weighted by atomic mass is 15.0. The molecule has 2 nitrogen and oxygen atoms in total. The fourth-order valence-corrected chi connectivity index (χ4v) is 3.89. The van der Waals surface area contributed by atoms with Crippen LogP contribution in [0.3, 0.4) is 0 Å². The molecule has 4 rings (SSSR count). The molecule has 1 aromatic carbocycles. The van der Waals surface area contributed by atoms with Crippen LogP contribution in [0.5, 0.6) is 0 Å². The van der Waals surface area contributed by atoms with Gasteiger partial charge in [0.1, 0.15) is 0 Å². The molecule has 2 aromatic rings. The SMILES string of the molecule is c1ccc2c(c1)cc1n2CCC2(CCCNC2)C1. The standard InChI is InChI=1S/C16H20N2/c1-2-5-15-13(4-1)10-14-11-16(7-9-18(14)15)6-3-8-17-12-16/h1-2,4-5,10,17H,3,6-9,11-12H2. The summed E-state index contributed by atoms with van der Waals surface area (Å²) in [4.78, 5) is 0. The molecule has 1 aromatic heterocycles. The van der Waals surface area contributed by atoms with Gasteiger partial charge >= 0.3 is 0 Å². The zero-order valence-electron chi connectivity index (χ0n) is 10.8. The Bertz CT molecular complexity index is 576. The second-order valence-corrected chi connectivity index (χ2v) is 6.05. The molecule has 0 aliphatic carbocycles. The Morgan fingerprint density at radius 3 is 3.00 bits per heavy atom. The van der Waals surface area contributed by atoms with Gasteiger partial charge in [0, 0.05) is 24.3 Å². The van der Waals surface area contributed by atoms with Crippen LogP contribution >= 0.6 is 0 Å². The van der Waals surface area contributed by atoms with E-state index >= 15 is 0 Å². The van der Waals surface area contributed by atoms with Crippen LogP contribution in [0.15, 0.2) is 30.3 Å². The molecule has 1 atom stereocenters. The van der Waals surface area contributed by atoms with E-state index in [1.807, 2.05) is 0 Å². The minimum Gasteiger partial charge on any atom is -0.345 e. The van der Waals surface area contributed by atoms with Crippen molar-refractivity contribution in [2.24, 2.45) is 5.41 Å². The Hall–Kier alpha value is -1.28. The van der Waals surface area contributed by atoms with E-state index in [1.54, 1.807) is 5.69 Å². The fourth-order valence-electron chi connectivity index (χ4n) is 3.89. The Kier molecular flexibility index (Phi) is 2.28. The average molecular weight is 240 g/mol. The Morgan fingerprint density at radius 1 is 1.17 bits per heavy atom. The highest BCUT2D eigenvalue weighted by Gasteiger charge is 2.36. The number of piperidine rings is 1. The first kappa shape index (κ1) is 10.6. The third kappa shape index (κ3) is 1.52. The minimum atomic E-state index is 0.544. The first-order chi connectivity index (χ1) is 8.86. The maximum atomic E-state index is 3.60.